The number of halogens is 1. The maximum absolute atomic E-state index is 12.5. The Balaban J connectivity index is 1.95. The van der Waals surface area contributed by atoms with Gasteiger partial charge < -0.3 is 10.1 Å². The fourth-order valence-electron chi connectivity index (χ4n) is 2.18. The summed E-state index contributed by atoms with van der Waals surface area (Å²) in [6, 6.07) is 14.7. The van der Waals surface area contributed by atoms with Crippen LogP contribution in [0.2, 0.25) is 0 Å². The third-order valence-electron chi connectivity index (χ3n) is 3.47. The summed E-state index contributed by atoms with van der Waals surface area (Å²) in [7, 11) is 0. The summed E-state index contributed by atoms with van der Waals surface area (Å²) >= 11 is 8.59. The first kappa shape index (κ1) is 19.4. The molecule has 0 saturated carbocycles. The van der Waals surface area contributed by atoms with Gasteiger partial charge in [0.15, 0.2) is 5.11 Å². The molecular formula is C19H21BrN2O2S. The minimum atomic E-state index is -0.291. The van der Waals surface area contributed by atoms with Crippen LogP contribution < -0.4 is 15.4 Å². The Bertz CT molecular complexity index is 720. The van der Waals surface area contributed by atoms with E-state index in [1.54, 1.807) is 18.2 Å². The second-order valence-corrected chi connectivity index (χ2v) is 6.79. The Morgan fingerprint density at radius 3 is 2.56 bits per heavy atom. The van der Waals surface area contributed by atoms with Crippen molar-refractivity contribution in [2.24, 2.45) is 0 Å². The first-order valence-corrected chi connectivity index (χ1v) is 9.40. The van der Waals surface area contributed by atoms with Crippen LogP contribution in [0.15, 0.2) is 53.0 Å². The number of unbranched alkanes of at least 4 members (excludes halogenated alkanes) is 2. The van der Waals surface area contributed by atoms with Crippen LogP contribution in [0.1, 0.15) is 36.5 Å². The van der Waals surface area contributed by atoms with Gasteiger partial charge in [-0.05, 0) is 55.0 Å². The summed E-state index contributed by atoms with van der Waals surface area (Å²) in [4.78, 5) is 12.5. The molecule has 2 aromatic carbocycles. The normalized spacial score (nSPS) is 10.2. The molecule has 0 aromatic heterocycles. The number of amides is 1. The van der Waals surface area contributed by atoms with Crippen molar-refractivity contribution >= 4 is 44.9 Å². The van der Waals surface area contributed by atoms with Gasteiger partial charge in [-0.15, -0.1) is 0 Å². The largest absolute Gasteiger partial charge is 0.493 e. The van der Waals surface area contributed by atoms with Gasteiger partial charge in [-0.1, -0.05) is 47.8 Å². The molecular weight excluding hydrogens is 400 g/mol. The average Bonchev–Trinajstić information content (AvgIpc) is 2.61. The van der Waals surface area contributed by atoms with E-state index < -0.39 is 0 Å². The number of hydrogen-bond acceptors (Lipinski definition) is 3. The van der Waals surface area contributed by atoms with Crippen molar-refractivity contribution in [3.05, 3.63) is 58.6 Å². The van der Waals surface area contributed by atoms with Crippen molar-refractivity contribution in [1.29, 1.82) is 0 Å². The summed E-state index contributed by atoms with van der Waals surface area (Å²) in [5, 5.41) is 5.92. The molecule has 0 aliphatic heterocycles. The molecule has 4 nitrogen and oxygen atoms in total. The van der Waals surface area contributed by atoms with E-state index in [4.69, 9.17) is 17.0 Å². The van der Waals surface area contributed by atoms with E-state index in [0.717, 1.165) is 29.4 Å². The summed E-state index contributed by atoms with van der Waals surface area (Å²) in [5.41, 5.74) is 1.27. The zero-order valence-corrected chi connectivity index (χ0v) is 16.5. The van der Waals surface area contributed by atoms with Crippen molar-refractivity contribution in [2.75, 3.05) is 11.9 Å². The van der Waals surface area contributed by atoms with Gasteiger partial charge in [0.1, 0.15) is 5.75 Å². The van der Waals surface area contributed by atoms with Crippen molar-refractivity contribution in [3.8, 4) is 5.75 Å². The number of benzene rings is 2. The highest BCUT2D eigenvalue weighted by Gasteiger charge is 2.13. The molecule has 1 amide bonds. The van der Waals surface area contributed by atoms with Gasteiger partial charge in [-0.2, -0.15) is 0 Å². The molecule has 6 heteroatoms. The number of hydrogen-bond donors (Lipinski definition) is 2. The Labute approximate surface area is 162 Å². The van der Waals surface area contributed by atoms with Gasteiger partial charge in [0, 0.05) is 10.2 Å². The lowest BCUT2D eigenvalue weighted by Gasteiger charge is -2.13. The number of carbonyl (C=O) groups excluding carboxylic acids is 1. The molecule has 0 heterocycles. The van der Waals surface area contributed by atoms with Crippen LogP contribution in [0.3, 0.4) is 0 Å². The molecule has 0 saturated heterocycles. The smallest absolute Gasteiger partial charge is 0.261 e. The van der Waals surface area contributed by atoms with E-state index >= 15 is 0 Å². The Morgan fingerprint density at radius 2 is 1.84 bits per heavy atom. The topological polar surface area (TPSA) is 50.4 Å². The SMILES string of the molecule is CCCCCOc1ccccc1C(=O)NC(=S)Nc1ccc(Br)cc1. The summed E-state index contributed by atoms with van der Waals surface area (Å²) < 4.78 is 6.72. The molecule has 0 fully saturated rings. The lowest BCUT2D eigenvalue weighted by Crippen LogP contribution is -2.34. The van der Waals surface area contributed by atoms with Crippen LogP contribution in [0.25, 0.3) is 0 Å². The third-order valence-corrected chi connectivity index (χ3v) is 4.20. The third kappa shape index (κ3) is 6.48. The lowest BCUT2D eigenvalue weighted by molar-refractivity contribution is 0.0973. The number of ether oxygens (including phenoxy) is 1. The predicted octanol–water partition coefficient (Wildman–Crippen LogP) is 5.14. The highest BCUT2D eigenvalue weighted by atomic mass is 79.9. The van der Waals surface area contributed by atoms with E-state index in [1.165, 1.54) is 0 Å². The molecule has 0 aliphatic carbocycles. The number of rotatable bonds is 7. The Kier molecular flexibility index (Phi) is 7.88. The van der Waals surface area contributed by atoms with Crippen LogP contribution in [0, 0.1) is 0 Å². The predicted molar refractivity (Wildman–Crippen MR) is 109 cm³/mol. The first-order valence-electron chi connectivity index (χ1n) is 8.20. The van der Waals surface area contributed by atoms with Crippen LogP contribution in [0.4, 0.5) is 5.69 Å². The van der Waals surface area contributed by atoms with Gasteiger partial charge in [0.2, 0.25) is 0 Å². The molecule has 0 bridgehead atoms. The second-order valence-electron chi connectivity index (χ2n) is 5.47. The molecule has 0 atom stereocenters. The lowest BCUT2D eigenvalue weighted by atomic mass is 10.2. The highest BCUT2D eigenvalue weighted by Crippen LogP contribution is 2.19. The van der Waals surface area contributed by atoms with Gasteiger partial charge in [-0.3, -0.25) is 10.1 Å². The molecule has 2 N–H and O–H groups in total. The minimum Gasteiger partial charge on any atom is -0.493 e. The molecule has 132 valence electrons. The molecule has 0 radical (unpaired) electrons. The fourth-order valence-corrected chi connectivity index (χ4v) is 2.66. The standard InChI is InChI=1S/C19H21BrN2O2S/c1-2-3-6-13-24-17-8-5-4-7-16(17)18(23)22-19(25)21-15-11-9-14(20)10-12-15/h4-5,7-12H,2-3,6,13H2,1H3,(H2,21,22,23,25). The van der Waals surface area contributed by atoms with Crippen LogP contribution >= 0.6 is 28.1 Å². The number of thiocarbonyl (C=S) groups is 1. The van der Waals surface area contributed by atoms with E-state index in [2.05, 4.69) is 33.5 Å². The molecule has 0 aliphatic rings. The molecule has 0 unspecified atom stereocenters. The van der Waals surface area contributed by atoms with Crippen molar-refractivity contribution < 1.29 is 9.53 Å². The van der Waals surface area contributed by atoms with Gasteiger partial charge in [-0.25, -0.2) is 0 Å². The van der Waals surface area contributed by atoms with Crippen LogP contribution in [-0.2, 0) is 0 Å². The summed E-state index contributed by atoms with van der Waals surface area (Å²) in [5.74, 6) is 0.281. The number of nitrogens with one attached hydrogen (secondary N) is 2. The Morgan fingerprint density at radius 1 is 1.12 bits per heavy atom. The Hall–Kier alpha value is -1.92. The number of para-hydroxylation sites is 1. The van der Waals surface area contributed by atoms with Crippen molar-refractivity contribution in [2.45, 2.75) is 26.2 Å². The monoisotopic (exact) mass is 420 g/mol. The van der Waals surface area contributed by atoms with Crippen molar-refractivity contribution in [1.82, 2.24) is 5.32 Å². The molecule has 2 rings (SSSR count). The molecule has 25 heavy (non-hydrogen) atoms. The van der Waals surface area contributed by atoms with Gasteiger partial charge >= 0.3 is 0 Å². The maximum Gasteiger partial charge on any atom is 0.261 e. The number of carbonyl (C=O) groups is 1. The van der Waals surface area contributed by atoms with E-state index in [9.17, 15) is 4.79 Å². The molecule has 2 aromatic rings. The quantitative estimate of drug-likeness (QED) is 0.480. The maximum atomic E-state index is 12.5. The van der Waals surface area contributed by atoms with Crippen LogP contribution in [-0.4, -0.2) is 17.6 Å². The van der Waals surface area contributed by atoms with Crippen molar-refractivity contribution in [3.63, 3.8) is 0 Å². The minimum absolute atomic E-state index is 0.244. The van der Waals surface area contributed by atoms with Crippen LogP contribution in [0.5, 0.6) is 5.75 Å². The summed E-state index contributed by atoms with van der Waals surface area (Å²) in [6.45, 7) is 2.74. The molecule has 0 spiro atoms. The first-order chi connectivity index (χ1) is 12.1. The summed E-state index contributed by atoms with van der Waals surface area (Å²) in [6.07, 6.45) is 3.20. The van der Waals surface area contributed by atoms with Gasteiger partial charge in [0.25, 0.3) is 5.91 Å². The van der Waals surface area contributed by atoms with Gasteiger partial charge in [0.05, 0.1) is 12.2 Å². The highest BCUT2D eigenvalue weighted by molar-refractivity contribution is 9.10. The zero-order valence-electron chi connectivity index (χ0n) is 14.0. The fraction of sp³-hybridized carbons (Fsp3) is 0.263. The number of anilines is 1. The van der Waals surface area contributed by atoms with E-state index in [0.29, 0.717) is 17.9 Å². The zero-order chi connectivity index (χ0) is 18.1. The average molecular weight is 421 g/mol. The van der Waals surface area contributed by atoms with E-state index in [-0.39, 0.29) is 11.0 Å². The van der Waals surface area contributed by atoms with E-state index in [1.807, 2.05) is 30.3 Å². The second kappa shape index (κ2) is 10.2.